The van der Waals surface area contributed by atoms with Gasteiger partial charge in [0.05, 0.1) is 28.9 Å². The molecule has 0 spiro atoms. The van der Waals surface area contributed by atoms with Crippen molar-refractivity contribution in [1.29, 1.82) is 5.26 Å². The number of nitrogens with zero attached hydrogens (tertiary/aromatic N) is 1. The fraction of sp³-hybridized carbons (Fsp3) is 0.341. The Morgan fingerprint density at radius 1 is 0.674 bits per heavy atom. The average molecular weight is 618 g/mol. The lowest BCUT2D eigenvalue weighted by Crippen LogP contribution is -2.15. The number of aryl methyl sites for hydroxylation is 2. The molecular weight excluding hydrogens is 570 g/mol. The van der Waals surface area contributed by atoms with Crippen molar-refractivity contribution in [3.63, 3.8) is 0 Å². The molecule has 240 valence electrons. The molecule has 0 saturated heterocycles. The summed E-state index contributed by atoms with van der Waals surface area (Å²) in [5, 5.41) is 8.79. The number of rotatable bonds is 14. The first-order valence-electron chi connectivity index (χ1n) is 16.5. The first-order chi connectivity index (χ1) is 22.3. The standard InChI is InChI=1S/C23H28O4.C18H19N/c1-4-5-6-7-8-18(3)26-22(24)20-13-15-21(16-14-20)27-23(25)19-11-9-17(2)10-12-19;1-2-3-4-5-15-6-10-17(11-7-15)18-12-8-16(14-19)9-13-18/h9-16,18H,4-8H2,1-3H3;6-13H,2-5H2,1H3. The Bertz CT molecular complexity index is 1520. The monoisotopic (exact) mass is 617 g/mol. The second kappa shape index (κ2) is 19.6. The van der Waals surface area contributed by atoms with Crippen molar-refractivity contribution in [2.75, 3.05) is 0 Å². The minimum atomic E-state index is -0.425. The summed E-state index contributed by atoms with van der Waals surface area (Å²) in [6.07, 6.45) is 10.4. The predicted octanol–water partition coefficient (Wildman–Crippen LogP) is 10.7. The Kier molecular flexibility index (Phi) is 15.3. The summed E-state index contributed by atoms with van der Waals surface area (Å²) in [6, 6.07) is 32.3. The van der Waals surface area contributed by atoms with Crippen LogP contribution in [0.4, 0.5) is 0 Å². The highest BCUT2D eigenvalue weighted by atomic mass is 16.5. The SMILES string of the molecule is CCCCCCC(C)OC(=O)c1ccc(OC(=O)c2ccc(C)cc2)cc1.CCCCCc1ccc(-c2ccc(C#N)cc2)cc1. The molecule has 4 aromatic carbocycles. The van der Waals surface area contributed by atoms with Crippen LogP contribution in [0.25, 0.3) is 11.1 Å². The second-order valence-corrected chi connectivity index (χ2v) is 11.7. The molecule has 0 radical (unpaired) electrons. The van der Waals surface area contributed by atoms with Crippen molar-refractivity contribution in [1.82, 2.24) is 0 Å². The smallest absolute Gasteiger partial charge is 0.343 e. The lowest BCUT2D eigenvalue weighted by Gasteiger charge is -2.13. The van der Waals surface area contributed by atoms with E-state index in [9.17, 15) is 9.59 Å². The molecule has 1 atom stereocenters. The second-order valence-electron chi connectivity index (χ2n) is 11.7. The molecule has 1 unspecified atom stereocenters. The normalized spacial score (nSPS) is 11.0. The third-order valence-corrected chi connectivity index (χ3v) is 7.73. The number of hydrogen-bond acceptors (Lipinski definition) is 5. The van der Waals surface area contributed by atoms with Gasteiger partial charge in [0.15, 0.2) is 0 Å². The highest BCUT2D eigenvalue weighted by Crippen LogP contribution is 2.21. The maximum absolute atomic E-state index is 12.2. The van der Waals surface area contributed by atoms with E-state index in [4.69, 9.17) is 14.7 Å². The molecule has 0 aliphatic carbocycles. The summed E-state index contributed by atoms with van der Waals surface area (Å²) in [4.78, 5) is 24.3. The molecular formula is C41H47NO4. The average Bonchev–Trinajstić information content (AvgIpc) is 3.08. The molecule has 5 heteroatoms. The largest absolute Gasteiger partial charge is 0.459 e. The van der Waals surface area contributed by atoms with Crippen LogP contribution in [0.3, 0.4) is 0 Å². The van der Waals surface area contributed by atoms with Gasteiger partial charge in [-0.25, -0.2) is 9.59 Å². The summed E-state index contributed by atoms with van der Waals surface area (Å²) in [5.74, 6) is -0.384. The molecule has 0 fully saturated rings. The van der Waals surface area contributed by atoms with Gasteiger partial charge in [-0.2, -0.15) is 5.26 Å². The van der Waals surface area contributed by atoms with Gasteiger partial charge in [-0.1, -0.05) is 100 Å². The molecule has 4 rings (SSSR count). The van der Waals surface area contributed by atoms with Crippen LogP contribution in [-0.4, -0.2) is 18.0 Å². The number of nitriles is 1. The van der Waals surface area contributed by atoms with Crippen molar-refractivity contribution in [3.05, 3.63) is 125 Å². The highest BCUT2D eigenvalue weighted by Gasteiger charge is 2.13. The van der Waals surface area contributed by atoms with Crippen molar-refractivity contribution in [2.45, 2.75) is 91.6 Å². The molecule has 0 N–H and O–H groups in total. The fourth-order valence-corrected chi connectivity index (χ4v) is 4.86. The molecule has 0 heterocycles. The third kappa shape index (κ3) is 12.4. The van der Waals surface area contributed by atoms with E-state index in [1.165, 1.54) is 61.6 Å². The van der Waals surface area contributed by atoms with Crippen LogP contribution in [0.5, 0.6) is 5.75 Å². The van der Waals surface area contributed by atoms with Crippen molar-refractivity contribution >= 4 is 11.9 Å². The molecule has 5 nitrogen and oxygen atoms in total. The minimum absolute atomic E-state index is 0.103. The van der Waals surface area contributed by atoms with Crippen LogP contribution in [0, 0.1) is 18.3 Å². The molecule has 0 aliphatic heterocycles. The van der Waals surface area contributed by atoms with Crippen LogP contribution >= 0.6 is 0 Å². The number of ether oxygens (including phenoxy) is 2. The Balaban J connectivity index is 0.000000266. The lowest BCUT2D eigenvalue weighted by atomic mass is 10.0. The highest BCUT2D eigenvalue weighted by molar-refractivity contribution is 5.92. The van der Waals surface area contributed by atoms with Gasteiger partial charge >= 0.3 is 11.9 Å². The van der Waals surface area contributed by atoms with Gasteiger partial charge in [0.2, 0.25) is 0 Å². The van der Waals surface area contributed by atoms with Crippen LogP contribution in [0.1, 0.15) is 110 Å². The van der Waals surface area contributed by atoms with Crippen LogP contribution in [-0.2, 0) is 11.2 Å². The van der Waals surface area contributed by atoms with Crippen molar-refractivity contribution in [2.24, 2.45) is 0 Å². The number of esters is 2. The van der Waals surface area contributed by atoms with E-state index >= 15 is 0 Å². The summed E-state index contributed by atoms with van der Waals surface area (Å²) in [6.45, 7) is 8.28. The number of benzene rings is 4. The summed E-state index contributed by atoms with van der Waals surface area (Å²) < 4.78 is 10.8. The molecule has 0 saturated carbocycles. The van der Waals surface area contributed by atoms with Crippen molar-refractivity contribution < 1.29 is 19.1 Å². The Hall–Kier alpha value is -4.69. The van der Waals surface area contributed by atoms with Crippen LogP contribution in [0.15, 0.2) is 97.1 Å². The summed E-state index contributed by atoms with van der Waals surface area (Å²) in [5.41, 5.74) is 6.51. The van der Waals surface area contributed by atoms with E-state index in [1.54, 1.807) is 36.4 Å². The molecule has 4 aromatic rings. The minimum Gasteiger partial charge on any atom is -0.459 e. The lowest BCUT2D eigenvalue weighted by molar-refractivity contribution is 0.0319. The zero-order chi connectivity index (χ0) is 33.1. The molecule has 0 bridgehead atoms. The first-order valence-corrected chi connectivity index (χ1v) is 16.5. The molecule has 0 aliphatic rings. The quantitative estimate of drug-likeness (QED) is 0.0799. The topological polar surface area (TPSA) is 76.4 Å². The zero-order valence-electron chi connectivity index (χ0n) is 27.8. The van der Waals surface area contributed by atoms with E-state index in [1.807, 2.05) is 50.2 Å². The van der Waals surface area contributed by atoms with E-state index in [2.05, 4.69) is 44.2 Å². The Morgan fingerprint density at radius 3 is 1.80 bits per heavy atom. The molecule has 0 aromatic heterocycles. The molecule has 46 heavy (non-hydrogen) atoms. The van der Waals surface area contributed by atoms with E-state index < -0.39 is 5.97 Å². The van der Waals surface area contributed by atoms with E-state index in [-0.39, 0.29) is 12.1 Å². The van der Waals surface area contributed by atoms with Crippen molar-refractivity contribution in [3.8, 4) is 22.9 Å². The fourth-order valence-electron chi connectivity index (χ4n) is 4.86. The maximum atomic E-state index is 12.2. The molecule has 0 amide bonds. The Labute approximate surface area is 275 Å². The van der Waals surface area contributed by atoms with Gasteiger partial charge in [0.1, 0.15) is 5.75 Å². The van der Waals surface area contributed by atoms with E-state index in [0.717, 1.165) is 18.4 Å². The number of unbranched alkanes of at least 4 members (excludes halogenated alkanes) is 5. The first kappa shape index (κ1) is 35.8. The Morgan fingerprint density at radius 2 is 1.22 bits per heavy atom. The predicted molar refractivity (Wildman–Crippen MR) is 186 cm³/mol. The van der Waals surface area contributed by atoms with Gasteiger partial charge < -0.3 is 9.47 Å². The van der Waals surface area contributed by atoms with Gasteiger partial charge in [-0.05, 0) is 105 Å². The van der Waals surface area contributed by atoms with E-state index in [0.29, 0.717) is 22.4 Å². The summed E-state index contributed by atoms with van der Waals surface area (Å²) >= 11 is 0. The number of carbonyl (C=O) groups is 2. The number of carbonyl (C=O) groups excluding carboxylic acids is 2. The van der Waals surface area contributed by atoms with Gasteiger partial charge in [0, 0.05) is 0 Å². The third-order valence-electron chi connectivity index (χ3n) is 7.73. The van der Waals surface area contributed by atoms with Crippen LogP contribution in [0.2, 0.25) is 0 Å². The number of hydrogen-bond donors (Lipinski definition) is 0. The summed E-state index contributed by atoms with van der Waals surface area (Å²) in [7, 11) is 0. The van der Waals surface area contributed by atoms with Gasteiger partial charge in [-0.15, -0.1) is 0 Å². The maximum Gasteiger partial charge on any atom is 0.343 e. The zero-order valence-corrected chi connectivity index (χ0v) is 27.8. The van der Waals surface area contributed by atoms with Gasteiger partial charge in [-0.3, -0.25) is 0 Å². The van der Waals surface area contributed by atoms with Crippen LogP contribution < -0.4 is 4.74 Å². The van der Waals surface area contributed by atoms with Gasteiger partial charge in [0.25, 0.3) is 0 Å².